The third-order valence-corrected chi connectivity index (χ3v) is 13.1. The summed E-state index contributed by atoms with van der Waals surface area (Å²) in [6, 6.07) is 2.17. The van der Waals surface area contributed by atoms with Gasteiger partial charge in [0.05, 0.1) is 17.6 Å². The third-order valence-electron chi connectivity index (χ3n) is 13.1. The molecule has 5 rings (SSSR count). The maximum absolute atomic E-state index is 14.5. The molecule has 0 amide bonds. The van der Waals surface area contributed by atoms with Gasteiger partial charge in [0, 0.05) is 17.3 Å². The molecule has 5 heteroatoms. The van der Waals surface area contributed by atoms with E-state index in [1.807, 2.05) is 19.1 Å². The van der Waals surface area contributed by atoms with E-state index in [1.54, 1.807) is 0 Å². The molecule has 0 spiro atoms. The van der Waals surface area contributed by atoms with E-state index in [9.17, 15) is 19.6 Å². The maximum Gasteiger partial charge on any atom is 0.312 e. The molecule has 3 fully saturated rings. The van der Waals surface area contributed by atoms with Crippen molar-refractivity contribution in [1.29, 1.82) is 5.26 Å². The second-order valence-electron chi connectivity index (χ2n) is 15.8. The number of esters is 1. The van der Waals surface area contributed by atoms with Gasteiger partial charge in [0.2, 0.25) is 0 Å². The van der Waals surface area contributed by atoms with Gasteiger partial charge in [-0.1, -0.05) is 79.4 Å². The topological polar surface area (TPSA) is 84.2 Å². The Balaban J connectivity index is 1.57. The number of Topliss-reactive ketones (excluding diaryl/α,β-unsaturated/α-hetero) is 1. The minimum Gasteiger partial charge on any atom is -0.465 e. The lowest BCUT2D eigenvalue weighted by molar-refractivity contribution is -0.192. The van der Waals surface area contributed by atoms with Crippen LogP contribution in [0.25, 0.3) is 0 Å². The summed E-state index contributed by atoms with van der Waals surface area (Å²) in [6.07, 6.45) is 14.1. The van der Waals surface area contributed by atoms with Crippen molar-refractivity contribution < 1.29 is 19.1 Å². The van der Waals surface area contributed by atoms with E-state index in [4.69, 9.17) is 4.74 Å². The van der Waals surface area contributed by atoms with E-state index in [0.717, 1.165) is 76.2 Å². The summed E-state index contributed by atoms with van der Waals surface area (Å²) in [5.41, 5.74) is -0.262. The summed E-state index contributed by atoms with van der Waals surface area (Å²) in [5.74, 6) is -0.431. The SMILES string of the molecule is CCCCCCOC(=O)[C@]12CCC(C)(C)CC1C1C(=O)C=C3[C@@]4(C)C=C(C#N)C(=O)[C@@H](C)C4CC[C@@]3(C)[C@]1(C)CC2. The molecule has 3 unspecified atom stereocenters. The van der Waals surface area contributed by atoms with Crippen molar-refractivity contribution in [2.75, 3.05) is 6.61 Å². The van der Waals surface area contributed by atoms with E-state index in [1.165, 1.54) is 0 Å². The van der Waals surface area contributed by atoms with Crippen LogP contribution in [0.2, 0.25) is 0 Å². The Morgan fingerprint density at radius 2 is 1.71 bits per heavy atom. The molecule has 0 radical (unpaired) electrons. The number of rotatable bonds is 6. The minimum atomic E-state index is -0.595. The zero-order valence-corrected chi connectivity index (χ0v) is 26.5. The largest absolute Gasteiger partial charge is 0.465 e. The Bertz CT molecular complexity index is 1240. The molecule has 0 heterocycles. The van der Waals surface area contributed by atoms with Gasteiger partial charge in [-0.25, -0.2) is 0 Å². The first-order valence-corrected chi connectivity index (χ1v) is 16.3. The Morgan fingerprint density at radius 3 is 2.39 bits per heavy atom. The van der Waals surface area contributed by atoms with Crippen LogP contribution in [0.4, 0.5) is 0 Å². The molecular weight excluding hydrogens is 510 g/mol. The molecule has 5 aliphatic rings. The van der Waals surface area contributed by atoms with Gasteiger partial charge in [0.15, 0.2) is 11.6 Å². The normalized spacial score (nSPS) is 42.9. The highest BCUT2D eigenvalue weighted by atomic mass is 16.5. The fraction of sp³-hybridized carbons (Fsp3) is 0.778. The predicted octanol–water partition coefficient (Wildman–Crippen LogP) is 7.94. The number of ketones is 2. The minimum absolute atomic E-state index is 0.0436. The van der Waals surface area contributed by atoms with Crippen molar-refractivity contribution in [2.45, 2.75) is 119 Å². The molecular formula is C36H51NO4. The Morgan fingerprint density at radius 1 is 1.00 bits per heavy atom. The maximum atomic E-state index is 14.5. The van der Waals surface area contributed by atoms with Crippen LogP contribution in [-0.2, 0) is 19.1 Å². The van der Waals surface area contributed by atoms with E-state index in [2.05, 4.69) is 47.6 Å². The van der Waals surface area contributed by atoms with Crippen LogP contribution in [-0.4, -0.2) is 24.1 Å². The molecule has 5 aliphatic carbocycles. The highest BCUT2D eigenvalue weighted by Gasteiger charge is 2.70. The number of hydrogen-bond acceptors (Lipinski definition) is 5. The molecule has 41 heavy (non-hydrogen) atoms. The molecule has 5 nitrogen and oxygen atoms in total. The summed E-state index contributed by atoms with van der Waals surface area (Å²) in [5, 5.41) is 9.83. The third kappa shape index (κ3) is 4.32. The monoisotopic (exact) mass is 561 g/mol. The Labute approximate surface area is 247 Å². The lowest BCUT2D eigenvalue weighted by Crippen LogP contribution is -2.65. The zero-order chi connectivity index (χ0) is 30.0. The number of fused-ring (bicyclic) bond motifs is 7. The van der Waals surface area contributed by atoms with Gasteiger partial charge in [-0.05, 0) is 85.5 Å². The lowest BCUT2D eigenvalue weighted by Gasteiger charge is -2.68. The van der Waals surface area contributed by atoms with Gasteiger partial charge in [-0.2, -0.15) is 5.26 Å². The number of ether oxygens (including phenoxy) is 1. The fourth-order valence-electron chi connectivity index (χ4n) is 10.4. The van der Waals surface area contributed by atoms with Crippen LogP contribution < -0.4 is 0 Å². The van der Waals surface area contributed by atoms with Gasteiger partial charge in [-0.15, -0.1) is 0 Å². The van der Waals surface area contributed by atoms with Gasteiger partial charge in [0.1, 0.15) is 6.07 Å². The average molecular weight is 562 g/mol. The highest BCUT2D eigenvalue weighted by molar-refractivity contribution is 6.02. The smallest absolute Gasteiger partial charge is 0.312 e. The first kappa shape index (κ1) is 30.2. The van der Waals surface area contributed by atoms with Crippen molar-refractivity contribution in [2.24, 2.45) is 50.7 Å². The van der Waals surface area contributed by atoms with Gasteiger partial charge in [0.25, 0.3) is 0 Å². The Kier molecular flexibility index (Phi) is 7.53. The zero-order valence-electron chi connectivity index (χ0n) is 26.5. The van der Waals surface area contributed by atoms with Crippen molar-refractivity contribution >= 4 is 17.5 Å². The quantitative estimate of drug-likeness (QED) is 0.243. The fourth-order valence-corrected chi connectivity index (χ4v) is 10.4. The van der Waals surface area contributed by atoms with Crippen LogP contribution in [0.1, 0.15) is 119 Å². The number of nitriles is 1. The first-order chi connectivity index (χ1) is 19.2. The van der Waals surface area contributed by atoms with Gasteiger partial charge >= 0.3 is 5.97 Å². The molecule has 0 saturated heterocycles. The van der Waals surface area contributed by atoms with Crippen LogP contribution in [0.5, 0.6) is 0 Å². The number of unbranched alkanes of at least 4 members (excludes halogenated alkanes) is 3. The van der Waals surface area contributed by atoms with E-state index in [-0.39, 0.29) is 63.0 Å². The standard InChI is InChI=1S/C36H51NO4/c1-8-9-10-11-18-41-31(40)36-16-14-32(3,4)21-26(36)29-27(38)19-28-33(5)20-24(22-37)30(39)23(2)25(33)12-13-34(28,6)35(29,7)15-17-36/h19-20,23,25-26,29H,8-18,21H2,1-7H3/t23-,25?,26?,29?,33-,34+,35+,36-/m0/s1. The molecule has 0 bridgehead atoms. The second-order valence-corrected chi connectivity index (χ2v) is 15.8. The van der Waals surface area contributed by atoms with Crippen molar-refractivity contribution in [3.05, 3.63) is 23.3 Å². The molecule has 8 atom stereocenters. The highest BCUT2D eigenvalue weighted by Crippen LogP contribution is 2.73. The number of carbonyl (C=O) groups is 3. The lowest BCUT2D eigenvalue weighted by atomic mass is 9.35. The van der Waals surface area contributed by atoms with Crippen LogP contribution in [0.3, 0.4) is 0 Å². The summed E-state index contributed by atoms with van der Waals surface area (Å²) in [4.78, 5) is 41.5. The van der Waals surface area contributed by atoms with E-state index >= 15 is 0 Å². The number of allylic oxidation sites excluding steroid dienone is 4. The molecule has 0 aromatic heterocycles. The number of hydrogen-bond donors (Lipinski definition) is 0. The first-order valence-electron chi connectivity index (χ1n) is 16.3. The number of nitrogens with zero attached hydrogens (tertiary/aromatic N) is 1. The molecule has 0 aromatic carbocycles. The average Bonchev–Trinajstić information content (AvgIpc) is 2.91. The summed E-state index contributed by atoms with van der Waals surface area (Å²) in [7, 11) is 0. The molecule has 224 valence electrons. The van der Waals surface area contributed by atoms with E-state index in [0.29, 0.717) is 6.61 Å². The van der Waals surface area contributed by atoms with E-state index < -0.39 is 10.8 Å². The van der Waals surface area contributed by atoms with Crippen LogP contribution in [0.15, 0.2) is 23.3 Å². The predicted molar refractivity (Wildman–Crippen MR) is 159 cm³/mol. The summed E-state index contributed by atoms with van der Waals surface area (Å²) in [6.45, 7) is 16.0. The van der Waals surface area contributed by atoms with Crippen LogP contribution >= 0.6 is 0 Å². The Hall–Kier alpha value is -2.22. The molecule has 0 aromatic rings. The van der Waals surface area contributed by atoms with Crippen molar-refractivity contribution in [1.82, 2.24) is 0 Å². The molecule has 0 N–H and O–H groups in total. The summed E-state index contributed by atoms with van der Waals surface area (Å²) < 4.78 is 6.03. The van der Waals surface area contributed by atoms with Gasteiger partial charge < -0.3 is 4.74 Å². The van der Waals surface area contributed by atoms with Crippen LogP contribution in [0, 0.1) is 62.1 Å². The van der Waals surface area contributed by atoms with Crippen molar-refractivity contribution in [3.8, 4) is 6.07 Å². The summed E-state index contributed by atoms with van der Waals surface area (Å²) >= 11 is 0. The molecule has 0 aliphatic heterocycles. The second kappa shape index (κ2) is 10.2. The molecule has 3 saturated carbocycles. The van der Waals surface area contributed by atoms with Gasteiger partial charge in [-0.3, -0.25) is 14.4 Å². The number of carbonyl (C=O) groups excluding carboxylic acids is 3. The van der Waals surface area contributed by atoms with Crippen molar-refractivity contribution in [3.63, 3.8) is 0 Å².